The van der Waals surface area contributed by atoms with Crippen LogP contribution in [0.4, 0.5) is 17.6 Å². The summed E-state index contributed by atoms with van der Waals surface area (Å²) >= 11 is 1.20. The molecule has 0 aromatic heterocycles. The van der Waals surface area contributed by atoms with E-state index >= 15 is 0 Å². The second-order valence-corrected chi connectivity index (χ2v) is 9.42. The minimum Gasteiger partial charge on any atom is -0.493 e. The van der Waals surface area contributed by atoms with Crippen LogP contribution in [-0.4, -0.2) is 36.1 Å². The Hall–Kier alpha value is -1.48. The van der Waals surface area contributed by atoms with Gasteiger partial charge in [0.05, 0.1) is 18.1 Å². The van der Waals surface area contributed by atoms with Crippen LogP contribution in [0, 0.1) is 17.7 Å². The third-order valence-corrected chi connectivity index (χ3v) is 7.13. The Kier molecular flexibility index (Phi) is 6.48. The molecule has 1 saturated heterocycles. The summed E-state index contributed by atoms with van der Waals surface area (Å²) in [7, 11) is 0. The van der Waals surface area contributed by atoms with Crippen molar-refractivity contribution >= 4 is 18.0 Å². The van der Waals surface area contributed by atoms with Crippen molar-refractivity contribution in [2.24, 2.45) is 11.8 Å². The fourth-order valence-corrected chi connectivity index (χ4v) is 4.75. The number of hydrogen-bond acceptors (Lipinski definition) is 4. The molecule has 2 saturated carbocycles. The molecular weight excluding hydrogens is 420 g/mol. The van der Waals surface area contributed by atoms with Gasteiger partial charge in [0.2, 0.25) is 0 Å². The minimum atomic E-state index is -4.13. The minimum absolute atomic E-state index is 0.00274. The van der Waals surface area contributed by atoms with Gasteiger partial charge in [0.25, 0.3) is 5.91 Å². The summed E-state index contributed by atoms with van der Waals surface area (Å²) in [5.41, 5.74) is 0.822. The zero-order chi connectivity index (χ0) is 21.3. The molecule has 0 bridgehead atoms. The van der Waals surface area contributed by atoms with Gasteiger partial charge >= 0.3 is 6.18 Å². The van der Waals surface area contributed by atoms with Crippen molar-refractivity contribution in [2.45, 2.75) is 57.0 Å². The largest absolute Gasteiger partial charge is 0.493 e. The van der Waals surface area contributed by atoms with Crippen molar-refractivity contribution < 1.29 is 27.1 Å². The van der Waals surface area contributed by atoms with E-state index in [-0.39, 0.29) is 36.8 Å². The second kappa shape index (κ2) is 8.94. The van der Waals surface area contributed by atoms with E-state index in [1.165, 1.54) is 18.2 Å². The van der Waals surface area contributed by atoms with E-state index in [0.29, 0.717) is 18.6 Å². The molecule has 1 aromatic carbocycles. The number of nitrogens with zero attached hydrogens (tertiary/aromatic N) is 1. The van der Waals surface area contributed by atoms with Crippen molar-refractivity contribution in [2.75, 3.05) is 19.7 Å². The summed E-state index contributed by atoms with van der Waals surface area (Å²) in [6.45, 7) is 2.08. The number of amides is 1. The van der Waals surface area contributed by atoms with Gasteiger partial charge in [0.1, 0.15) is 11.6 Å². The lowest BCUT2D eigenvalue weighted by molar-refractivity contribution is -0.184. The molecule has 4 rings (SSSR count). The summed E-state index contributed by atoms with van der Waals surface area (Å²) < 4.78 is 63.7. The molecular formula is C21H26F4N2O2S. The number of halogens is 4. The maximum atomic E-state index is 14.6. The van der Waals surface area contributed by atoms with E-state index in [9.17, 15) is 22.4 Å². The third-order valence-electron chi connectivity index (χ3n) is 6.23. The molecule has 0 radical (unpaired) electrons. The van der Waals surface area contributed by atoms with Crippen LogP contribution in [0.2, 0.25) is 0 Å². The Morgan fingerprint density at radius 2 is 1.83 bits per heavy atom. The summed E-state index contributed by atoms with van der Waals surface area (Å²) in [6, 6.07) is 2.84. The van der Waals surface area contributed by atoms with Gasteiger partial charge in [-0.15, -0.1) is 0 Å². The fourth-order valence-electron chi connectivity index (χ4n) is 3.99. The first-order valence-electron chi connectivity index (χ1n) is 10.6. The Labute approximate surface area is 178 Å². The van der Waals surface area contributed by atoms with E-state index in [1.807, 2.05) is 4.31 Å². The number of carbonyl (C=O) groups excluding carboxylic acids is 1. The van der Waals surface area contributed by atoms with Crippen molar-refractivity contribution in [3.8, 4) is 5.75 Å². The Balaban J connectivity index is 1.37. The number of carbonyl (C=O) groups is 1. The standard InChI is InChI=1S/C21H26F4N2O2S/c22-18-11-19(29-12-13-2-6-15(7-3-13)21(23,24)25)16(14-4-5-14)10-17(18)20(28)26-30-27-8-1-9-27/h10-11,13-15H,1-9,12H2,(H,26,28). The average Bonchev–Trinajstić information content (AvgIpc) is 3.49. The average molecular weight is 447 g/mol. The molecule has 2 aliphatic carbocycles. The van der Waals surface area contributed by atoms with Crippen LogP contribution in [0.5, 0.6) is 5.75 Å². The van der Waals surface area contributed by atoms with Crippen LogP contribution >= 0.6 is 12.1 Å². The summed E-state index contributed by atoms with van der Waals surface area (Å²) in [5, 5.41) is 0. The van der Waals surface area contributed by atoms with Crippen LogP contribution in [0.25, 0.3) is 0 Å². The van der Waals surface area contributed by atoms with Gasteiger partial charge in [-0.1, -0.05) is 0 Å². The van der Waals surface area contributed by atoms with Gasteiger partial charge in [0, 0.05) is 31.3 Å². The first-order chi connectivity index (χ1) is 14.3. The molecule has 1 heterocycles. The van der Waals surface area contributed by atoms with E-state index in [0.717, 1.165) is 37.9 Å². The van der Waals surface area contributed by atoms with E-state index in [2.05, 4.69) is 4.72 Å². The van der Waals surface area contributed by atoms with Crippen molar-refractivity contribution in [3.63, 3.8) is 0 Å². The predicted molar refractivity (Wildman–Crippen MR) is 107 cm³/mol. The highest BCUT2D eigenvalue weighted by atomic mass is 32.2. The zero-order valence-corrected chi connectivity index (χ0v) is 17.5. The molecule has 1 aromatic rings. The van der Waals surface area contributed by atoms with Gasteiger partial charge in [-0.2, -0.15) is 13.2 Å². The molecule has 0 atom stereocenters. The number of ether oxygens (including phenoxy) is 1. The van der Waals surface area contributed by atoms with E-state index < -0.39 is 23.8 Å². The van der Waals surface area contributed by atoms with Gasteiger partial charge in [-0.05, 0) is 68.4 Å². The highest BCUT2D eigenvalue weighted by Crippen LogP contribution is 2.46. The van der Waals surface area contributed by atoms with E-state index in [1.54, 1.807) is 6.07 Å². The topological polar surface area (TPSA) is 41.6 Å². The SMILES string of the molecule is O=C(NSN1CCC1)c1cc(C2CC2)c(OCC2CCC(C(F)(F)F)CC2)cc1F. The molecule has 3 fully saturated rings. The highest BCUT2D eigenvalue weighted by molar-refractivity contribution is 7.95. The first kappa shape index (κ1) is 21.7. The van der Waals surface area contributed by atoms with Crippen LogP contribution in [0.1, 0.15) is 66.8 Å². The van der Waals surface area contributed by atoms with Crippen molar-refractivity contribution in [1.82, 2.24) is 9.03 Å². The molecule has 4 nitrogen and oxygen atoms in total. The summed E-state index contributed by atoms with van der Waals surface area (Å²) in [6.07, 6.45) is 0.0412. The lowest BCUT2D eigenvalue weighted by Gasteiger charge is -2.30. The monoisotopic (exact) mass is 446 g/mol. The van der Waals surface area contributed by atoms with Crippen LogP contribution in [-0.2, 0) is 0 Å². The molecule has 9 heteroatoms. The van der Waals surface area contributed by atoms with Gasteiger partial charge in [0.15, 0.2) is 0 Å². The number of nitrogens with one attached hydrogen (secondary N) is 1. The lowest BCUT2D eigenvalue weighted by Crippen LogP contribution is -2.35. The zero-order valence-electron chi connectivity index (χ0n) is 16.6. The molecule has 3 aliphatic rings. The third kappa shape index (κ3) is 5.22. The predicted octanol–water partition coefficient (Wildman–Crippen LogP) is 5.45. The lowest BCUT2D eigenvalue weighted by atomic mass is 9.82. The van der Waals surface area contributed by atoms with Crippen molar-refractivity contribution in [3.05, 3.63) is 29.1 Å². The molecule has 30 heavy (non-hydrogen) atoms. The van der Waals surface area contributed by atoms with E-state index in [4.69, 9.17) is 4.74 Å². The van der Waals surface area contributed by atoms with Gasteiger partial charge < -0.3 is 4.74 Å². The van der Waals surface area contributed by atoms with Crippen LogP contribution in [0.15, 0.2) is 12.1 Å². The number of alkyl halides is 3. The maximum absolute atomic E-state index is 14.6. The number of hydrogen-bond donors (Lipinski definition) is 1. The Morgan fingerprint density at radius 3 is 2.40 bits per heavy atom. The second-order valence-electron chi connectivity index (χ2n) is 8.52. The molecule has 1 aliphatic heterocycles. The molecule has 166 valence electrons. The number of benzene rings is 1. The first-order valence-corrected chi connectivity index (χ1v) is 11.3. The van der Waals surface area contributed by atoms with Crippen LogP contribution in [0.3, 0.4) is 0 Å². The Morgan fingerprint density at radius 1 is 1.13 bits per heavy atom. The fraction of sp³-hybridized carbons (Fsp3) is 0.667. The Bertz CT molecular complexity index is 773. The van der Waals surface area contributed by atoms with Gasteiger partial charge in [-0.3, -0.25) is 9.52 Å². The summed E-state index contributed by atoms with van der Waals surface area (Å²) in [4.78, 5) is 12.4. The molecule has 0 unspecified atom stereocenters. The highest BCUT2D eigenvalue weighted by Gasteiger charge is 2.41. The smallest absolute Gasteiger partial charge is 0.391 e. The number of rotatable bonds is 7. The molecule has 1 N–H and O–H groups in total. The van der Waals surface area contributed by atoms with Gasteiger partial charge in [-0.25, -0.2) is 8.70 Å². The molecule has 0 spiro atoms. The maximum Gasteiger partial charge on any atom is 0.391 e. The van der Waals surface area contributed by atoms with Crippen molar-refractivity contribution in [1.29, 1.82) is 0 Å². The summed E-state index contributed by atoms with van der Waals surface area (Å²) in [5.74, 6) is -1.63. The van der Waals surface area contributed by atoms with Crippen LogP contribution < -0.4 is 9.46 Å². The normalized spacial score (nSPS) is 24.9. The molecule has 1 amide bonds. The quantitative estimate of drug-likeness (QED) is 0.447.